The quantitative estimate of drug-likeness (QED) is 0.421. The van der Waals surface area contributed by atoms with Gasteiger partial charge in [-0.25, -0.2) is 9.59 Å². The molecule has 2 amide bonds. The molecule has 0 spiro atoms. The van der Waals surface area contributed by atoms with Crippen molar-refractivity contribution in [3.8, 4) is 0 Å². The molecule has 134 valence electrons. The Labute approximate surface area is 141 Å². The van der Waals surface area contributed by atoms with E-state index in [0.717, 1.165) is 18.1 Å². The number of hydrogen-bond donors (Lipinski definition) is 0. The summed E-state index contributed by atoms with van der Waals surface area (Å²) in [6.07, 6.45) is -1.64. The van der Waals surface area contributed by atoms with Crippen LogP contribution in [-0.2, 0) is 9.16 Å². The van der Waals surface area contributed by atoms with E-state index in [1.165, 1.54) is 0 Å². The number of hydrogen-bond acceptors (Lipinski definition) is 4. The lowest BCUT2D eigenvalue weighted by Gasteiger charge is -2.34. The second kappa shape index (κ2) is 10.5. The van der Waals surface area contributed by atoms with Gasteiger partial charge in [-0.1, -0.05) is 51.8 Å². The molecule has 0 aliphatic rings. The van der Waals surface area contributed by atoms with Crippen LogP contribution in [0.1, 0.15) is 48.5 Å². The molecule has 0 aromatic heterocycles. The monoisotopic (exact) mass is 344 g/mol. The van der Waals surface area contributed by atoms with E-state index in [0.29, 0.717) is 17.8 Å². The molecule has 23 heavy (non-hydrogen) atoms. The van der Waals surface area contributed by atoms with Crippen molar-refractivity contribution in [2.75, 3.05) is 6.61 Å². The summed E-state index contributed by atoms with van der Waals surface area (Å²) in [6, 6.07) is 2.68. The first kappa shape index (κ1) is 21.8. The van der Waals surface area contributed by atoms with E-state index in [4.69, 9.17) is 4.43 Å². The van der Waals surface area contributed by atoms with E-state index in [1.54, 1.807) is 6.92 Å². The molecule has 0 rings (SSSR count). The van der Waals surface area contributed by atoms with Crippen molar-refractivity contribution >= 4 is 20.5 Å². The van der Waals surface area contributed by atoms with Crippen LogP contribution in [0.25, 0.3) is 0 Å². The summed E-state index contributed by atoms with van der Waals surface area (Å²) in [5, 5.41) is 6.62. The number of nitrogens with zero attached hydrogens (tertiary/aromatic N) is 2. The maximum atomic E-state index is 12.1. The van der Waals surface area contributed by atoms with Gasteiger partial charge in [0.2, 0.25) is 0 Å². The smallest absolute Gasteiger partial charge is 0.452 e. The average molecular weight is 345 g/mol. The number of ether oxygens (including phenoxy) is 1. The lowest BCUT2D eigenvalue weighted by atomic mass is 10.2. The summed E-state index contributed by atoms with van der Waals surface area (Å²) >= 11 is 0. The minimum atomic E-state index is -2.29. The normalized spacial score (nSPS) is 12.4. The summed E-state index contributed by atoms with van der Waals surface area (Å²) < 4.78 is 10.5. The summed E-state index contributed by atoms with van der Waals surface area (Å²) in [5.74, 6) is 1.32. The van der Waals surface area contributed by atoms with Gasteiger partial charge in [0, 0.05) is 0 Å². The number of carbonyl (C=O) groups is 2. The maximum absolute atomic E-state index is 12.1. The molecular weight excluding hydrogens is 312 g/mol. The Balaban J connectivity index is 5.16. The number of amides is 2. The Morgan fingerprint density at radius 2 is 1.22 bits per heavy atom. The zero-order valence-electron chi connectivity index (χ0n) is 15.6. The SMILES string of the molecule is CCOC(=O)N=NC(=O)O[Si](CC(C)C)(CC(C)C)CC(C)C. The van der Waals surface area contributed by atoms with Crippen molar-refractivity contribution in [3.05, 3.63) is 0 Å². The third kappa shape index (κ3) is 10.2. The second-order valence-corrected chi connectivity index (χ2v) is 11.0. The third-order valence-electron chi connectivity index (χ3n) is 3.13. The van der Waals surface area contributed by atoms with Crippen molar-refractivity contribution in [3.63, 3.8) is 0 Å². The highest BCUT2D eigenvalue weighted by Gasteiger charge is 2.40. The van der Waals surface area contributed by atoms with Gasteiger partial charge < -0.3 is 9.16 Å². The fourth-order valence-electron chi connectivity index (χ4n) is 3.05. The minimum absolute atomic E-state index is 0.194. The summed E-state index contributed by atoms with van der Waals surface area (Å²) in [6.45, 7) is 14.7. The van der Waals surface area contributed by atoms with Crippen LogP contribution < -0.4 is 0 Å². The van der Waals surface area contributed by atoms with Gasteiger partial charge in [-0.3, -0.25) is 0 Å². The predicted molar refractivity (Wildman–Crippen MR) is 93.0 cm³/mol. The first-order valence-electron chi connectivity index (χ1n) is 8.41. The average Bonchev–Trinajstić information content (AvgIpc) is 2.33. The van der Waals surface area contributed by atoms with Crippen LogP contribution in [-0.4, -0.2) is 27.1 Å². The molecule has 0 aromatic carbocycles. The van der Waals surface area contributed by atoms with Crippen LogP contribution in [0, 0.1) is 17.8 Å². The molecular formula is C16H32N2O4Si. The fourth-order valence-corrected chi connectivity index (χ4v) is 8.67. The van der Waals surface area contributed by atoms with Crippen LogP contribution in [0.2, 0.25) is 18.1 Å². The molecule has 0 atom stereocenters. The highest BCUT2D eigenvalue weighted by Crippen LogP contribution is 2.33. The molecule has 0 unspecified atom stereocenters. The molecule has 0 bridgehead atoms. The predicted octanol–water partition coefficient (Wildman–Crippen LogP) is 5.65. The van der Waals surface area contributed by atoms with E-state index in [2.05, 4.69) is 56.5 Å². The summed E-state index contributed by atoms with van der Waals surface area (Å²) in [7, 11) is -2.29. The zero-order valence-corrected chi connectivity index (χ0v) is 16.6. The highest BCUT2D eigenvalue weighted by molar-refractivity contribution is 6.75. The molecule has 0 aromatic rings. The number of azo groups is 1. The van der Waals surface area contributed by atoms with Crippen LogP contribution in [0.15, 0.2) is 10.2 Å². The molecule has 0 heterocycles. The first-order valence-corrected chi connectivity index (χ1v) is 10.9. The van der Waals surface area contributed by atoms with Crippen molar-refractivity contribution < 1.29 is 18.8 Å². The molecule has 0 fully saturated rings. The largest absolute Gasteiger partial charge is 0.501 e. The van der Waals surface area contributed by atoms with Crippen LogP contribution in [0.5, 0.6) is 0 Å². The van der Waals surface area contributed by atoms with Gasteiger partial charge in [-0.15, -0.1) is 0 Å². The van der Waals surface area contributed by atoms with Gasteiger partial charge in [0.25, 0.3) is 8.32 Å². The van der Waals surface area contributed by atoms with Gasteiger partial charge in [0.15, 0.2) is 0 Å². The molecule has 0 radical (unpaired) electrons. The standard InChI is InChI=1S/C16H32N2O4Si/c1-8-21-15(19)17-18-16(20)22-23(9-12(2)3,10-13(4)5)11-14(6)7/h12-14H,8-11H2,1-7H3. The van der Waals surface area contributed by atoms with E-state index < -0.39 is 20.5 Å². The highest BCUT2D eigenvalue weighted by atomic mass is 28.4. The van der Waals surface area contributed by atoms with Crippen LogP contribution in [0.3, 0.4) is 0 Å². The number of carbonyl (C=O) groups excluding carboxylic acids is 2. The van der Waals surface area contributed by atoms with Crippen molar-refractivity contribution in [1.82, 2.24) is 0 Å². The van der Waals surface area contributed by atoms with Crippen molar-refractivity contribution in [2.45, 2.75) is 66.6 Å². The Bertz CT molecular complexity index is 382. The Hall–Kier alpha value is -1.24. The van der Waals surface area contributed by atoms with Gasteiger partial charge in [0.05, 0.1) is 6.61 Å². The molecule has 0 aliphatic heterocycles. The summed E-state index contributed by atoms with van der Waals surface area (Å²) in [5.41, 5.74) is 0. The van der Waals surface area contributed by atoms with E-state index in [9.17, 15) is 9.59 Å². The third-order valence-corrected chi connectivity index (χ3v) is 8.41. The van der Waals surface area contributed by atoms with Gasteiger partial charge in [-0.05, 0) is 42.8 Å². The Morgan fingerprint density at radius 3 is 1.57 bits per heavy atom. The lowest BCUT2D eigenvalue weighted by Crippen LogP contribution is -2.43. The van der Waals surface area contributed by atoms with Crippen LogP contribution in [0.4, 0.5) is 9.59 Å². The maximum Gasteiger partial charge on any atom is 0.452 e. The van der Waals surface area contributed by atoms with Crippen molar-refractivity contribution in [2.24, 2.45) is 28.0 Å². The molecule has 7 heteroatoms. The lowest BCUT2D eigenvalue weighted by molar-refractivity contribution is 0.160. The molecule has 0 N–H and O–H groups in total. The topological polar surface area (TPSA) is 77.3 Å². The Kier molecular flexibility index (Phi) is 9.95. The van der Waals surface area contributed by atoms with Gasteiger partial charge in [0.1, 0.15) is 0 Å². The van der Waals surface area contributed by atoms with Crippen molar-refractivity contribution in [1.29, 1.82) is 0 Å². The molecule has 0 saturated heterocycles. The van der Waals surface area contributed by atoms with Gasteiger partial charge in [-0.2, -0.15) is 0 Å². The minimum Gasteiger partial charge on any atom is -0.501 e. The Morgan fingerprint density at radius 1 is 0.826 bits per heavy atom. The van der Waals surface area contributed by atoms with E-state index in [-0.39, 0.29) is 6.61 Å². The van der Waals surface area contributed by atoms with Crippen LogP contribution >= 0.6 is 0 Å². The summed E-state index contributed by atoms with van der Waals surface area (Å²) in [4.78, 5) is 23.2. The number of rotatable bonds is 8. The molecule has 0 aliphatic carbocycles. The fraction of sp³-hybridized carbons (Fsp3) is 0.875. The molecule has 6 nitrogen and oxygen atoms in total. The zero-order chi connectivity index (χ0) is 18.0. The van der Waals surface area contributed by atoms with Gasteiger partial charge >= 0.3 is 12.2 Å². The van der Waals surface area contributed by atoms with E-state index >= 15 is 0 Å². The first-order chi connectivity index (χ1) is 10.6. The molecule has 0 saturated carbocycles. The van der Waals surface area contributed by atoms with E-state index in [1.807, 2.05) is 0 Å². The second-order valence-electron chi connectivity index (χ2n) is 7.24.